The number of halogens is 1. The minimum Gasteiger partial charge on any atom is -0.396 e. The fourth-order valence-electron chi connectivity index (χ4n) is 2.84. The standard InChI is InChI=1S/C20H19FN2O2/c1-13-17(11-15-7-8-16(21)12-19(15)22-13)20(25)23-18(9-10-24)14-5-3-2-4-6-14/h2-8,11-12,18,24H,9-10H2,1H3,(H,23,25). The summed E-state index contributed by atoms with van der Waals surface area (Å²) >= 11 is 0. The molecule has 25 heavy (non-hydrogen) atoms. The predicted octanol–water partition coefficient (Wildman–Crippen LogP) is 3.54. The van der Waals surface area contributed by atoms with Gasteiger partial charge in [-0.3, -0.25) is 9.78 Å². The van der Waals surface area contributed by atoms with E-state index in [1.54, 1.807) is 19.1 Å². The van der Waals surface area contributed by atoms with Crippen LogP contribution in [0.25, 0.3) is 10.9 Å². The summed E-state index contributed by atoms with van der Waals surface area (Å²) < 4.78 is 13.3. The van der Waals surface area contributed by atoms with Crippen molar-refractivity contribution in [1.29, 1.82) is 0 Å². The first-order valence-corrected chi connectivity index (χ1v) is 8.12. The molecule has 4 nitrogen and oxygen atoms in total. The quantitative estimate of drug-likeness (QED) is 0.748. The Morgan fingerprint density at radius 3 is 2.68 bits per heavy atom. The first-order valence-electron chi connectivity index (χ1n) is 8.12. The fourth-order valence-corrected chi connectivity index (χ4v) is 2.84. The maximum atomic E-state index is 13.3. The molecule has 128 valence electrons. The van der Waals surface area contributed by atoms with Crippen molar-refractivity contribution in [3.05, 3.63) is 77.2 Å². The predicted molar refractivity (Wildman–Crippen MR) is 94.8 cm³/mol. The van der Waals surface area contributed by atoms with Crippen LogP contribution in [0.2, 0.25) is 0 Å². The van der Waals surface area contributed by atoms with Gasteiger partial charge in [-0.2, -0.15) is 0 Å². The van der Waals surface area contributed by atoms with Crippen LogP contribution in [0.3, 0.4) is 0 Å². The number of carbonyl (C=O) groups is 1. The van der Waals surface area contributed by atoms with Crippen molar-refractivity contribution in [3.8, 4) is 0 Å². The topological polar surface area (TPSA) is 62.2 Å². The van der Waals surface area contributed by atoms with E-state index in [1.807, 2.05) is 30.3 Å². The normalized spacial score (nSPS) is 12.1. The van der Waals surface area contributed by atoms with Gasteiger partial charge in [0.25, 0.3) is 5.91 Å². The van der Waals surface area contributed by atoms with Gasteiger partial charge < -0.3 is 10.4 Å². The number of hydrogen-bond acceptors (Lipinski definition) is 3. The van der Waals surface area contributed by atoms with Crippen LogP contribution < -0.4 is 5.32 Å². The Morgan fingerprint density at radius 2 is 1.96 bits per heavy atom. The Morgan fingerprint density at radius 1 is 1.20 bits per heavy atom. The third kappa shape index (κ3) is 3.83. The molecule has 0 fully saturated rings. The van der Waals surface area contributed by atoms with E-state index in [9.17, 15) is 14.3 Å². The molecule has 5 heteroatoms. The van der Waals surface area contributed by atoms with E-state index < -0.39 is 0 Å². The van der Waals surface area contributed by atoms with E-state index in [2.05, 4.69) is 10.3 Å². The third-order valence-electron chi connectivity index (χ3n) is 4.14. The lowest BCUT2D eigenvalue weighted by molar-refractivity contribution is 0.0929. The largest absolute Gasteiger partial charge is 0.396 e. The zero-order chi connectivity index (χ0) is 17.8. The molecule has 2 N–H and O–H groups in total. The second-order valence-corrected chi connectivity index (χ2v) is 5.91. The van der Waals surface area contributed by atoms with Crippen molar-refractivity contribution in [2.75, 3.05) is 6.61 Å². The molecule has 0 radical (unpaired) electrons. The highest BCUT2D eigenvalue weighted by Gasteiger charge is 2.18. The first kappa shape index (κ1) is 17.0. The SMILES string of the molecule is Cc1nc2cc(F)ccc2cc1C(=O)NC(CCO)c1ccccc1. The molecule has 1 unspecified atom stereocenters. The number of nitrogens with zero attached hydrogens (tertiary/aromatic N) is 1. The van der Waals surface area contributed by atoms with Gasteiger partial charge in [-0.25, -0.2) is 4.39 Å². The van der Waals surface area contributed by atoms with E-state index >= 15 is 0 Å². The highest BCUT2D eigenvalue weighted by Crippen LogP contribution is 2.20. The number of hydrogen-bond donors (Lipinski definition) is 2. The monoisotopic (exact) mass is 338 g/mol. The number of aliphatic hydroxyl groups excluding tert-OH is 1. The van der Waals surface area contributed by atoms with Gasteiger partial charge in [-0.1, -0.05) is 30.3 Å². The Labute approximate surface area is 145 Å². The van der Waals surface area contributed by atoms with Crippen molar-refractivity contribution in [1.82, 2.24) is 10.3 Å². The molecule has 0 bridgehead atoms. The van der Waals surface area contributed by atoms with Gasteiger partial charge in [0.2, 0.25) is 0 Å². The van der Waals surface area contributed by atoms with E-state index in [1.165, 1.54) is 12.1 Å². The van der Waals surface area contributed by atoms with Crippen LogP contribution in [0.15, 0.2) is 54.6 Å². The van der Waals surface area contributed by atoms with Crippen LogP contribution in [0.5, 0.6) is 0 Å². The Kier molecular flexibility index (Phi) is 5.05. The summed E-state index contributed by atoms with van der Waals surface area (Å²) in [5.74, 6) is -0.623. The van der Waals surface area contributed by atoms with Crippen molar-refractivity contribution in [2.24, 2.45) is 0 Å². The van der Waals surface area contributed by atoms with Gasteiger partial charge in [-0.05, 0) is 37.1 Å². The lowest BCUT2D eigenvalue weighted by Crippen LogP contribution is -2.30. The van der Waals surface area contributed by atoms with Crippen LogP contribution in [0.4, 0.5) is 4.39 Å². The zero-order valence-electron chi connectivity index (χ0n) is 13.9. The van der Waals surface area contributed by atoms with Crippen LogP contribution in [-0.2, 0) is 0 Å². The minimum atomic E-state index is -0.358. The minimum absolute atomic E-state index is 0.0337. The van der Waals surface area contributed by atoms with Crippen LogP contribution in [0.1, 0.15) is 34.1 Å². The smallest absolute Gasteiger partial charge is 0.253 e. The Balaban J connectivity index is 1.90. The Hall–Kier alpha value is -2.79. The van der Waals surface area contributed by atoms with Crippen molar-refractivity contribution in [2.45, 2.75) is 19.4 Å². The molecule has 1 amide bonds. The number of rotatable bonds is 5. The van der Waals surface area contributed by atoms with Crippen LogP contribution in [-0.4, -0.2) is 22.6 Å². The molecule has 0 aliphatic rings. The molecule has 1 aromatic heterocycles. The fraction of sp³-hybridized carbons (Fsp3) is 0.200. The highest BCUT2D eigenvalue weighted by atomic mass is 19.1. The number of pyridine rings is 1. The van der Waals surface area contributed by atoms with E-state index in [0.29, 0.717) is 28.6 Å². The molecule has 0 aliphatic carbocycles. The second-order valence-electron chi connectivity index (χ2n) is 5.91. The van der Waals surface area contributed by atoms with Gasteiger partial charge in [-0.15, -0.1) is 0 Å². The van der Waals surface area contributed by atoms with E-state index in [-0.39, 0.29) is 24.4 Å². The summed E-state index contributed by atoms with van der Waals surface area (Å²) in [6.45, 7) is 1.69. The lowest BCUT2D eigenvalue weighted by atomic mass is 10.0. The summed E-state index contributed by atoms with van der Waals surface area (Å²) in [5, 5.41) is 13.0. The van der Waals surface area contributed by atoms with Crippen LogP contribution >= 0.6 is 0 Å². The second kappa shape index (κ2) is 7.40. The average Bonchev–Trinajstić information content (AvgIpc) is 2.61. The Bertz CT molecular complexity index is 897. The number of fused-ring (bicyclic) bond motifs is 1. The van der Waals surface area contributed by atoms with Gasteiger partial charge in [0.15, 0.2) is 0 Å². The third-order valence-corrected chi connectivity index (χ3v) is 4.14. The van der Waals surface area contributed by atoms with Crippen molar-refractivity contribution >= 4 is 16.8 Å². The molecule has 2 aromatic carbocycles. The molecular formula is C20H19FN2O2. The summed E-state index contributed by atoms with van der Waals surface area (Å²) in [6, 6.07) is 15.2. The highest BCUT2D eigenvalue weighted by molar-refractivity contribution is 5.98. The van der Waals surface area contributed by atoms with E-state index in [4.69, 9.17) is 0 Å². The van der Waals surface area contributed by atoms with Crippen molar-refractivity contribution < 1.29 is 14.3 Å². The van der Waals surface area contributed by atoms with Crippen molar-refractivity contribution in [3.63, 3.8) is 0 Å². The summed E-state index contributed by atoms with van der Waals surface area (Å²) in [5.41, 5.74) is 2.42. The molecular weight excluding hydrogens is 319 g/mol. The molecule has 3 aromatic rings. The average molecular weight is 338 g/mol. The van der Waals surface area contributed by atoms with Gasteiger partial charge in [0.1, 0.15) is 5.82 Å². The maximum absolute atomic E-state index is 13.3. The van der Waals surface area contributed by atoms with Crippen LogP contribution in [0, 0.1) is 12.7 Å². The molecule has 0 aliphatic heterocycles. The summed E-state index contributed by atoms with van der Waals surface area (Å²) in [7, 11) is 0. The maximum Gasteiger partial charge on any atom is 0.253 e. The zero-order valence-corrected chi connectivity index (χ0v) is 13.9. The molecule has 0 saturated heterocycles. The molecule has 1 atom stereocenters. The number of aromatic nitrogens is 1. The summed E-state index contributed by atoms with van der Waals surface area (Å²) in [4.78, 5) is 17.1. The molecule has 1 heterocycles. The number of aliphatic hydroxyl groups is 1. The van der Waals surface area contributed by atoms with E-state index in [0.717, 1.165) is 5.56 Å². The molecule has 0 saturated carbocycles. The first-order chi connectivity index (χ1) is 12.1. The van der Waals surface area contributed by atoms with Gasteiger partial charge in [0, 0.05) is 18.1 Å². The number of aryl methyl sites for hydroxylation is 1. The number of amides is 1. The lowest BCUT2D eigenvalue weighted by Gasteiger charge is -2.19. The van der Waals surface area contributed by atoms with Gasteiger partial charge in [0.05, 0.1) is 22.8 Å². The van der Waals surface area contributed by atoms with Gasteiger partial charge >= 0.3 is 0 Å². The molecule has 0 spiro atoms. The number of benzene rings is 2. The number of nitrogens with one attached hydrogen (secondary N) is 1. The number of carbonyl (C=O) groups excluding carboxylic acids is 1. The summed E-state index contributed by atoms with van der Waals surface area (Å²) in [6.07, 6.45) is 0.418. The molecule has 3 rings (SSSR count).